The van der Waals surface area contributed by atoms with E-state index in [9.17, 15) is 4.79 Å². The van der Waals surface area contributed by atoms with Gasteiger partial charge in [-0.25, -0.2) is 4.98 Å². The molecular formula is C21H22N6O2. The maximum absolute atomic E-state index is 12.2. The third-order valence-corrected chi connectivity index (χ3v) is 4.49. The summed E-state index contributed by atoms with van der Waals surface area (Å²) in [7, 11) is 0. The van der Waals surface area contributed by atoms with Gasteiger partial charge in [0.25, 0.3) is 5.91 Å². The molecule has 3 aromatic rings. The number of carbonyl (C=O) groups excluding carboxylic acids is 1. The van der Waals surface area contributed by atoms with Crippen LogP contribution in [0.2, 0.25) is 0 Å². The molecule has 1 aliphatic heterocycles. The molecule has 0 unspecified atom stereocenters. The summed E-state index contributed by atoms with van der Waals surface area (Å²) in [5.74, 6) is 1.26. The van der Waals surface area contributed by atoms with Crippen LogP contribution < -0.4 is 15.5 Å². The first-order chi connectivity index (χ1) is 14.2. The number of carbonyl (C=O) groups is 1. The number of rotatable bonds is 5. The Morgan fingerprint density at radius 2 is 1.69 bits per heavy atom. The molecule has 1 aliphatic rings. The number of pyridine rings is 1. The molecule has 8 nitrogen and oxygen atoms in total. The number of aromatic nitrogens is 3. The summed E-state index contributed by atoms with van der Waals surface area (Å²) < 4.78 is 5.40. The van der Waals surface area contributed by atoms with Crippen molar-refractivity contribution in [2.45, 2.75) is 6.92 Å². The quantitative estimate of drug-likeness (QED) is 0.692. The lowest BCUT2D eigenvalue weighted by atomic mass is 10.2. The van der Waals surface area contributed by atoms with Crippen LogP contribution in [0.15, 0.2) is 54.9 Å². The molecule has 0 atom stereocenters. The Kier molecular flexibility index (Phi) is 5.62. The fourth-order valence-corrected chi connectivity index (χ4v) is 3.01. The van der Waals surface area contributed by atoms with Crippen LogP contribution in [0.4, 0.5) is 23.1 Å². The highest BCUT2D eigenvalue weighted by Gasteiger charge is 2.15. The Labute approximate surface area is 169 Å². The van der Waals surface area contributed by atoms with Crippen molar-refractivity contribution in [3.8, 4) is 0 Å². The molecule has 29 heavy (non-hydrogen) atoms. The number of aryl methyl sites for hydroxylation is 1. The largest absolute Gasteiger partial charge is 0.378 e. The first kappa shape index (κ1) is 18.8. The van der Waals surface area contributed by atoms with Gasteiger partial charge < -0.3 is 20.3 Å². The number of hydrogen-bond acceptors (Lipinski definition) is 7. The number of ether oxygens (including phenoxy) is 1. The summed E-state index contributed by atoms with van der Waals surface area (Å²) in [5, 5.41) is 6.18. The Hall–Kier alpha value is -3.52. The zero-order valence-electron chi connectivity index (χ0n) is 16.1. The third-order valence-electron chi connectivity index (χ3n) is 4.49. The minimum absolute atomic E-state index is 0.172. The number of amides is 1. The predicted molar refractivity (Wildman–Crippen MR) is 112 cm³/mol. The molecule has 1 fully saturated rings. The van der Waals surface area contributed by atoms with E-state index in [2.05, 4.69) is 30.5 Å². The first-order valence-corrected chi connectivity index (χ1v) is 9.44. The monoisotopic (exact) mass is 390 g/mol. The van der Waals surface area contributed by atoms with E-state index in [0.717, 1.165) is 30.3 Å². The first-order valence-electron chi connectivity index (χ1n) is 9.44. The average molecular weight is 390 g/mol. The van der Waals surface area contributed by atoms with Crippen molar-refractivity contribution >= 4 is 29.0 Å². The van der Waals surface area contributed by atoms with Crippen LogP contribution in [0, 0.1) is 6.92 Å². The number of nitrogens with one attached hydrogen (secondary N) is 2. The van der Waals surface area contributed by atoms with Crippen LogP contribution in [-0.4, -0.2) is 47.2 Å². The fraction of sp³-hybridized carbons (Fsp3) is 0.238. The van der Waals surface area contributed by atoms with Crippen molar-refractivity contribution in [3.63, 3.8) is 0 Å². The average Bonchev–Trinajstić information content (AvgIpc) is 2.76. The molecule has 4 rings (SSSR count). The minimum Gasteiger partial charge on any atom is -0.378 e. The Morgan fingerprint density at radius 3 is 2.41 bits per heavy atom. The van der Waals surface area contributed by atoms with Gasteiger partial charge in [-0.2, -0.15) is 4.98 Å². The van der Waals surface area contributed by atoms with E-state index in [1.165, 1.54) is 0 Å². The normalized spacial score (nSPS) is 13.8. The fourth-order valence-electron chi connectivity index (χ4n) is 3.01. The molecule has 2 N–H and O–H groups in total. The molecule has 0 spiro atoms. The summed E-state index contributed by atoms with van der Waals surface area (Å²) in [5.41, 5.74) is 3.04. The van der Waals surface area contributed by atoms with Gasteiger partial charge in [0.05, 0.1) is 13.2 Å². The second kappa shape index (κ2) is 8.66. The molecule has 3 heterocycles. The molecule has 1 aromatic carbocycles. The Balaban J connectivity index is 1.43. The molecule has 1 amide bonds. The van der Waals surface area contributed by atoms with E-state index in [1.54, 1.807) is 24.5 Å². The van der Waals surface area contributed by atoms with E-state index in [1.807, 2.05) is 37.3 Å². The van der Waals surface area contributed by atoms with Crippen molar-refractivity contribution in [3.05, 3.63) is 66.1 Å². The molecule has 0 aliphatic carbocycles. The van der Waals surface area contributed by atoms with E-state index in [-0.39, 0.29) is 5.91 Å². The van der Waals surface area contributed by atoms with Gasteiger partial charge in [0.1, 0.15) is 5.82 Å². The number of benzene rings is 1. The van der Waals surface area contributed by atoms with Crippen LogP contribution in [0.1, 0.15) is 16.1 Å². The lowest BCUT2D eigenvalue weighted by Gasteiger charge is -2.27. The second-order valence-electron chi connectivity index (χ2n) is 6.69. The van der Waals surface area contributed by atoms with E-state index < -0.39 is 0 Å². The van der Waals surface area contributed by atoms with Crippen molar-refractivity contribution in [1.82, 2.24) is 15.0 Å². The molecule has 2 aromatic heterocycles. The summed E-state index contributed by atoms with van der Waals surface area (Å²) >= 11 is 0. The molecule has 0 saturated carbocycles. The van der Waals surface area contributed by atoms with Gasteiger partial charge in [-0.15, -0.1) is 0 Å². The smallest absolute Gasteiger partial charge is 0.255 e. The number of nitrogens with zero attached hydrogens (tertiary/aromatic N) is 4. The van der Waals surface area contributed by atoms with Crippen molar-refractivity contribution < 1.29 is 9.53 Å². The van der Waals surface area contributed by atoms with Crippen LogP contribution in [0.3, 0.4) is 0 Å². The molecule has 0 bridgehead atoms. The number of hydrogen-bond donors (Lipinski definition) is 2. The van der Waals surface area contributed by atoms with Gasteiger partial charge in [-0.3, -0.25) is 9.78 Å². The lowest BCUT2D eigenvalue weighted by Crippen LogP contribution is -2.37. The molecule has 1 saturated heterocycles. The van der Waals surface area contributed by atoms with Crippen molar-refractivity contribution in [2.24, 2.45) is 0 Å². The van der Waals surface area contributed by atoms with Gasteiger partial charge in [0.2, 0.25) is 5.95 Å². The summed E-state index contributed by atoms with van der Waals surface area (Å²) in [4.78, 5) is 27.5. The molecule has 148 valence electrons. The topological polar surface area (TPSA) is 92.3 Å². The van der Waals surface area contributed by atoms with Crippen molar-refractivity contribution in [2.75, 3.05) is 41.8 Å². The summed E-state index contributed by atoms with van der Waals surface area (Å²) in [6, 6.07) is 12.7. The van der Waals surface area contributed by atoms with Crippen LogP contribution in [0.5, 0.6) is 0 Å². The van der Waals surface area contributed by atoms with Gasteiger partial charge in [0, 0.05) is 54.2 Å². The van der Waals surface area contributed by atoms with Gasteiger partial charge in [0.15, 0.2) is 0 Å². The zero-order valence-corrected chi connectivity index (χ0v) is 16.1. The maximum atomic E-state index is 12.2. The maximum Gasteiger partial charge on any atom is 0.255 e. The van der Waals surface area contributed by atoms with Crippen molar-refractivity contribution in [1.29, 1.82) is 0 Å². The minimum atomic E-state index is -0.172. The predicted octanol–water partition coefficient (Wildman–Crippen LogP) is 3.01. The van der Waals surface area contributed by atoms with Gasteiger partial charge in [-0.1, -0.05) is 0 Å². The summed E-state index contributed by atoms with van der Waals surface area (Å²) in [6.45, 7) is 4.90. The summed E-state index contributed by atoms with van der Waals surface area (Å²) in [6.07, 6.45) is 3.19. The van der Waals surface area contributed by atoms with Gasteiger partial charge in [-0.05, 0) is 43.3 Å². The number of morpholine rings is 1. The van der Waals surface area contributed by atoms with Crippen LogP contribution in [-0.2, 0) is 4.74 Å². The standard InChI is InChI=1S/C21H22N6O2/c1-15-14-19(26-21(23-15)27-10-12-29-13-11-27)24-17-2-4-18(5-3-17)25-20(28)16-6-8-22-9-7-16/h2-9,14H,10-13H2,1H3,(H,25,28)(H,23,24,26). The molecule has 0 radical (unpaired) electrons. The highest BCUT2D eigenvalue weighted by molar-refractivity contribution is 6.04. The highest BCUT2D eigenvalue weighted by Crippen LogP contribution is 2.21. The van der Waals surface area contributed by atoms with Crippen LogP contribution >= 0.6 is 0 Å². The number of anilines is 4. The Morgan fingerprint density at radius 1 is 1.00 bits per heavy atom. The van der Waals surface area contributed by atoms with E-state index >= 15 is 0 Å². The lowest BCUT2D eigenvalue weighted by molar-refractivity contribution is 0.102. The SMILES string of the molecule is Cc1cc(Nc2ccc(NC(=O)c3ccncc3)cc2)nc(N2CCOCC2)n1. The molecule has 8 heteroatoms. The van der Waals surface area contributed by atoms with E-state index in [4.69, 9.17) is 4.74 Å². The van der Waals surface area contributed by atoms with Gasteiger partial charge >= 0.3 is 0 Å². The zero-order chi connectivity index (χ0) is 20.1. The molecular weight excluding hydrogens is 368 g/mol. The Bertz CT molecular complexity index is 972. The van der Waals surface area contributed by atoms with Crippen LogP contribution in [0.25, 0.3) is 0 Å². The highest BCUT2D eigenvalue weighted by atomic mass is 16.5. The van der Waals surface area contributed by atoms with E-state index in [0.29, 0.717) is 30.4 Å². The second-order valence-corrected chi connectivity index (χ2v) is 6.69. The third kappa shape index (κ3) is 4.85.